The van der Waals surface area contributed by atoms with E-state index < -0.39 is 18.1 Å². The van der Waals surface area contributed by atoms with Crippen molar-refractivity contribution in [2.24, 2.45) is 5.92 Å². The van der Waals surface area contributed by atoms with Gasteiger partial charge in [0, 0.05) is 32.0 Å². The number of esters is 1. The molecule has 2 aliphatic rings. The van der Waals surface area contributed by atoms with Gasteiger partial charge in [-0.15, -0.1) is 0 Å². The van der Waals surface area contributed by atoms with Gasteiger partial charge in [-0.3, -0.25) is 9.59 Å². The number of amides is 2. The molecule has 0 spiro atoms. The number of hydrogen-bond donors (Lipinski definition) is 2. The molecule has 0 radical (unpaired) electrons. The lowest BCUT2D eigenvalue weighted by Gasteiger charge is -2.38. The third kappa shape index (κ3) is 5.97. The first-order valence-electron chi connectivity index (χ1n) is 11.1. The summed E-state index contributed by atoms with van der Waals surface area (Å²) in [5.74, 6) is -0.0742. The number of methoxy groups -OCH3 is 2. The normalized spacial score (nSPS) is 20.6. The summed E-state index contributed by atoms with van der Waals surface area (Å²) in [5, 5.41) is 6.02. The number of nitrogens with one attached hydrogen (secondary N) is 2. The maximum Gasteiger partial charge on any atom is 0.328 e. The van der Waals surface area contributed by atoms with Crippen LogP contribution in [0, 0.1) is 5.92 Å². The van der Waals surface area contributed by atoms with E-state index in [-0.39, 0.29) is 17.7 Å². The zero-order valence-electron chi connectivity index (χ0n) is 18.4. The topological polar surface area (TPSA) is 97.0 Å². The van der Waals surface area contributed by atoms with Gasteiger partial charge in [-0.05, 0) is 30.5 Å². The number of nitrogens with zero attached hydrogens (tertiary/aromatic N) is 1. The van der Waals surface area contributed by atoms with Gasteiger partial charge in [0.1, 0.15) is 17.8 Å². The molecule has 1 aliphatic carbocycles. The number of carbonyl (C=O) groups is 3. The quantitative estimate of drug-likeness (QED) is 0.632. The van der Waals surface area contributed by atoms with Crippen molar-refractivity contribution in [3.05, 3.63) is 29.8 Å². The van der Waals surface area contributed by atoms with Crippen molar-refractivity contribution in [2.45, 2.75) is 50.6 Å². The summed E-state index contributed by atoms with van der Waals surface area (Å²) in [6.07, 6.45) is 5.36. The predicted octanol–water partition coefficient (Wildman–Crippen LogP) is 1.28. The Labute approximate surface area is 183 Å². The molecule has 2 fully saturated rings. The smallest absolute Gasteiger partial charge is 0.328 e. The number of ether oxygens (including phenoxy) is 2. The molecule has 1 aromatic carbocycles. The first-order chi connectivity index (χ1) is 15.0. The van der Waals surface area contributed by atoms with Crippen molar-refractivity contribution in [1.82, 2.24) is 15.5 Å². The van der Waals surface area contributed by atoms with E-state index in [9.17, 15) is 14.4 Å². The van der Waals surface area contributed by atoms with Crippen molar-refractivity contribution in [2.75, 3.05) is 33.9 Å². The summed E-state index contributed by atoms with van der Waals surface area (Å²) in [7, 11) is 2.89. The van der Waals surface area contributed by atoms with Crippen LogP contribution in [0.5, 0.6) is 5.75 Å². The number of piperazine rings is 1. The highest BCUT2D eigenvalue weighted by Gasteiger charge is 2.37. The summed E-state index contributed by atoms with van der Waals surface area (Å²) in [6.45, 7) is 1.53. The van der Waals surface area contributed by atoms with Crippen molar-refractivity contribution < 1.29 is 23.9 Å². The SMILES string of the molecule is COC(=O)C(Cc1ccc(OC)cc1)NC(=O)C1CNCCN1C(=O)C1CCCCC1. The molecule has 31 heavy (non-hydrogen) atoms. The number of rotatable bonds is 7. The lowest BCUT2D eigenvalue weighted by atomic mass is 9.87. The summed E-state index contributed by atoms with van der Waals surface area (Å²) in [5.41, 5.74) is 0.869. The van der Waals surface area contributed by atoms with Crippen molar-refractivity contribution in [3.8, 4) is 5.75 Å². The first kappa shape index (κ1) is 23.1. The fourth-order valence-electron chi connectivity index (χ4n) is 4.39. The first-order valence-corrected chi connectivity index (χ1v) is 11.1. The van der Waals surface area contributed by atoms with Crippen LogP contribution in [0.25, 0.3) is 0 Å². The van der Waals surface area contributed by atoms with Crippen LogP contribution in [0.2, 0.25) is 0 Å². The number of benzene rings is 1. The molecular weight excluding hydrogens is 398 g/mol. The van der Waals surface area contributed by atoms with E-state index in [0.717, 1.165) is 31.2 Å². The zero-order valence-corrected chi connectivity index (χ0v) is 18.4. The molecule has 1 saturated heterocycles. The highest BCUT2D eigenvalue weighted by Crippen LogP contribution is 2.26. The van der Waals surface area contributed by atoms with Gasteiger partial charge < -0.3 is 25.0 Å². The van der Waals surface area contributed by atoms with E-state index in [0.29, 0.717) is 31.8 Å². The minimum Gasteiger partial charge on any atom is -0.497 e. The van der Waals surface area contributed by atoms with E-state index >= 15 is 0 Å². The molecule has 170 valence electrons. The second-order valence-electron chi connectivity index (χ2n) is 8.22. The molecule has 3 rings (SSSR count). The standard InChI is InChI=1S/C23H33N3O5/c1-30-18-10-8-16(9-11-18)14-19(23(29)31-2)25-21(27)20-15-24-12-13-26(20)22(28)17-6-4-3-5-7-17/h8-11,17,19-20,24H,3-7,12-15H2,1-2H3,(H,25,27). The van der Waals surface area contributed by atoms with Gasteiger partial charge >= 0.3 is 5.97 Å². The van der Waals surface area contributed by atoms with Crippen molar-refractivity contribution in [3.63, 3.8) is 0 Å². The minimum absolute atomic E-state index is 0.00199. The van der Waals surface area contributed by atoms with Gasteiger partial charge in [-0.25, -0.2) is 4.79 Å². The molecule has 2 N–H and O–H groups in total. The van der Waals surface area contributed by atoms with Gasteiger partial charge in [0.25, 0.3) is 0 Å². The van der Waals surface area contributed by atoms with E-state index in [1.165, 1.54) is 13.5 Å². The number of hydrogen-bond acceptors (Lipinski definition) is 6. The molecule has 2 atom stereocenters. The molecule has 8 heteroatoms. The van der Waals surface area contributed by atoms with E-state index in [1.807, 2.05) is 12.1 Å². The average Bonchev–Trinajstić information content (AvgIpc) is 2.83. The average molecular weight is 432 g/mol. The van der Waals surface area contributed by atoms with Crippen LogP contribution in [-0.4, -0.2) is 68.6 Å². The number of carbonyl (C=O) groups excluding carboxylic acids is 3. The Morgan fingerprint density at radius 3 is 2.48 bits per heavy atom. The lowest BCUT2D eigenvalue weighted by Crippen LogP contribution is -2.62. The third-order valence-corrected chi connectivity index (χ3v) is 6.18. The van der Waals surface area contributed by atoms with Crippen LogP contribution < -0.4 is 15.4 Å². The molecule has 1 aliphatic heterocycles. The van der Waals surface area contributed by atoms with E-state index in [4.69, 9.17) is 9.47 Å². The van der Waals surface area contributed by atoms with Crippen LogP contribution in [0.15, 0.2) is 24.3 Å². The molecule has 8 nitrogen and oxygen atoms in total. The van der Waals surface area contributed by atoms with E-state index in [1.54, 1.807) is 24.1 Å². The molecule has 1 aromatic rings. The Morgan fingerprint density at radius 1 is 1.13 bits per heavy atom. The maximum atomic E-state index is 13.1. The summed E-state index contributed by atoms with van der Waals surface area (Å²) in [4.78, 5) is 40.3. The van der Waals surface area contributed by atoms with Crippen LogP contribution in [-0.2, 0) is 25.5 Å². The predicted molar refractivity (Wildman–Crippen MR) is 116 cm³/mol. The Hall–Kier alpha value is -2.61. The van der Waals surface area contributed by atoms with E-state index in [2.05, 4.69) is 10.6 Å². The molecule has 1 saturated carbocycles. The van der Waals surface area contributed by atoms with Gasteiger partial charge in [-0.1, -0.05) is 31.4 Å². The highest BCUT2D eigenvalue weighted by molar-refractivity contribution is 5.91. The Morgan fingerprint density at radius 2 is 1.84 bits per heavy atom. The molecule has 1 heterocycles. The van der Waals surface area contributed by atoms with Crippen LogP contribution in [0.4, 0.5) is 0 Å². The Kier molecular flexibility index (Phi) is 8.28. The van der Waals surface area contributed by atoms with Crippen molar-refractivity contribution in [1.29, 1.82) is 0 Å². The Balaban J connectivity index is 1.69. The van der Waals surface area contributed by atoms with Crippen LogP contribution in [0.1, 0.15) is 37.7 Å². The monoisotopic (exact) mass is 431 g/mol. The molecule has 2 amide bonds. The minimum atomic E-state index is -0.834. The Bertz CT molecular complexity index is 761. The van der Waals surface area contributed by atoms with Crippen LogP contribution >= 0.6 is 0 Å². The van der Waals surface area contributed by atoms with Gasteiger partial charge in [-0.2, -0.15) is 0 Å². The second-order valence-corrected chi connectivity index (χ2v) is 8.22. The largest absolute Gasteiger partial charge is 0.497 e. The zero-order chi connectivity index (χ0) is 22.2. The molecule has 0 aromatic heterocycles. The maximum absolute atomic E-state index is 13.1. The second kappa shape index (κ2) is 11.1. The summed E-state index contributed by atoms with van der Waals surface area (Å²) >= 11 is 0. The molecule has 0 bridgehead atoms. The van der Waals surface area contributed by atoms with Crippen LogP contribution in [0.3, 0.4) is 0 Å². The fraction of sp³-hybridized carbons (Fsp3) is 0.609. The van der Waals surface area contributed by atoms with Gasteiger partial charge in [0.2, 0.25) is 11.8 Å². The van der Waals surface area contributed by atoms with Gasteiger partial charge in [0.15, 0.2) is 0 Å². The molecule has 2 unspecified atom stereocenters. The third-order valence-electron chi connectivity index (χ3n) is 6.18. The summed E-state index contributed by atoms with van der Waals surface area (Å²) < 4.78 is 10.1. The van der Waals surface area contributed by atoms with Gasteiger partial charge in [0.05, 0.1) is 14.2 Å². The highest BCUT2D eigenvalue weighted by atomic mass is 16.5. The van der Waals surface area contributed by atoms with Crippen molar-refractivity contribution >= 4 is 17.8 Å². The summed E-state index contributed by atoms with van der Waals surface area (Å²) in [6, 6.07) is 5.84. The molecular formula is C23H33N3O5. The lowest BCUT2D eigenvalue weighted by molar-refractivity contribution is -0.148. The fourth-order valence-corrected chi connectivity index (χ4v) is 4.39.